The van der Waals surface area contributed by atoms with E-state index in [0.29, 0.717) is 21.5 Å². The van der Waals surface area contributed by atoms with Crippen molar-refractivity contribution in [1.82, 2.24) is 4.31 Å². The Balaban J connectivity index is 2.03. The highest BCUT2D eigenvalue weighted by atomic mass is 35.5. The number of sulfonamides is 1. The summed E-state index contributed by atoms with van der Waals surface area (Å²) in [6.07, 6.45) is 0. The van der Waals surface area contributed by atoms with Crippen LogP contribution < -0.4 is 10.1 Å². The lowest BCUT2D eigenvalue weighted by Gasteiger charge is -2.13. The van der Waals surface area contributed by atoms with E-state index in [9.17, 15) is 13.2 Å². The fourth-order valence-electron chi connectivity index (χ4n) is 1.88. The molecule has 0 bridgehead atoms. The van der Waals surface area contributed by atoms with Gasteiger partial charge in [-0.1, -0.05) is 29.3 Å². The summed E-state index contributed by atoms with van der Waals surface area (Å²) in [6.45, 7) is -0.286. The van der Waals surface area contributed by atoms with Crippen LogP contribution in [0.1, 0.15) is 0 Å². The molecule has 0 spiro atoms. The molecule has 0 saturated carbocycles. The van der Waals surface area contributed by atoms with Gasteiger partial charge in [-0.15, -0.1) is 0 Å². The lowest BCUT2D eigenvalue weighted by molar-refractivity contribution is -0.118. The Kier molecular flexibility index (Phi) is 6.29. The van der Waals surface area contributed by atoms with Gasteiger partial charge >= 0.3 is 0 Å². The van der Waals surface area contributed by atoms with E-state index < -0.39 is 15.9 Å². The number of rotatable bonds is 6. The van der Waals surface area contributed by atoms with Crippen LogP contribution >= 0.6 is 23.2 Å². The van der Waals surface area contributed by atoms with Crippen molar-refractivity contribution >= 4 is 44.8 Å². The fraction of sp³-hybridized carbons (Fsp3) is 0.188. The van der Waals surface area contributed by atoms with E-state index in [1.54, 1.807) is 24.3 Å². The molecule has 134 valence electrons. The minimum atomic E-state index is -3.58. The summed E-state index contributed by atoms with van der Waals surface area (Å²) in [5, 5.41) is 3.33. The highest BCUT2D eigenvalue weighted by Crippen LogP contribution is 2.27. The molecule has 1 amide bonds. The third-order valence-corrected chi connectivity index (χ3v) is 5.49. The molecule has 0 radical (unpaired) electrons. The molecule has 9 heteroatoms. The first kappa shape index (κ1) is 19.5. The number of hydrogen-bond donors (Lipinski definition) is 1. The summed E-state index contributed by atoms with van der Waals surface area (Å²) >= 11 is 11.8. The normalized spacial score (nSPS) is 11.4. The largest absolute Gasteiger partial charge is 0.482 e. The molecule has 0 aliphatic rings. The van der Waals surface area contributed by atoms with Crippen LogP contribution in [0.5, 0.6) is 5.75 Å². The molecule has 2 aromatic carbocycles. The van der Waals surface area contributed by atoms with Crippen molar-refractivity contribution in [3.8, 4) is 5.75 Å². The van der Waals surface area contributed by atoms with Gasteiger partial charge in [0.1, 0.15) is 5.75 Å². The van der Waals surface area contributed by atoms with Crippen molar-refractivity contribution < 1.29 is 17.9 Å². The highest BCUT2D eigenvalue weighted by molar-refractivity contribution is 7.89. The zero-order chi connectivity index (χ0) is 18.6. The van der Waals surface area contributed by atoms with Crippen LogP contribution in [0.15, 0.2) is 47.4 Å². The molecule has 0 unspecified atom stereocenters. The minimum absolute atomic E-state index is 0.0805. The molecule has 0 aliphatic heterocycles. The van der Waals surface area contributed by atoms with Crippen LogP contribution in [0.25, 0.3) is 0 Å². The van der Waals surface area contributed by atoms with Gasteiger partial charge in [0, 0.05) is 24.8 Å². The Morgan fingerprint density at radius 2 is 1.88 bits per heavy atom. The van der Waals surface area contributed by atoms with Gasteiger partial charge in [-0.25, -0.2) is 12.7 Å². The van der Waals surface area contributed by atoms with Crippen molar-refractivity contribution in [2.75, 3.05) is 26.0 Å². The third-order valence-electron chi connectivity index (χ3n) is 3.15. The monoisotopic (exact) mass is 402 g/mol. The zero-order valence-electron chi connectivity index (χ0n) is 13.5. The first-order valence-corrected chi connectivity index (χ1v) is 9.30. The van der Waals surface area contributed by atoms with E-state index in [0.717, 1.165) is 4.31 Å². The minimum Gasteiger partial charge on any atom is -0.482 e. The lowest BCUT2D eigenvalue weighted by Crippen LogP contribution is -2.23. The van der Waals surface area contributed by atoms with Crippen LogP contribution in [-0.2, 0) is 14.8 Å². The molecule has 2 aromatic rings. The first-order chi connectivity index (χ1) is 11.7. The topological polar surface area (TPSA) is 75.7 Å². The van der Waals surface area contributed by atoms with E-state index in [-0.39, 0.29) is 11.5 Å². The number of benzene rings is 2. The summed E-state index contributed by atoms with van der Waals surface area (Å²) in [5.41, 5.74) is 0.346. The molecule has 1 N–H and O–H groups in total. The smallest absolute Gasteiger partial charge is 0.262 e. The summed E-state index contributed by atoms with van der Waals surface area (Å²) in [6, 6.07) is 10.6. The number of anilines is 1. The predicted octanol–water partition coefficient (Wildman–Crippen LogP) is 3.26. The third kappa shape index (κ3) is 5.09. The molecular formula is C16H16Cl2N2O4S. The van der Waals surface area contributed by atoms with Gasteiger partial charge in [0.2, 0.25) is 10.0 Å². The Labute approximate surface area is 156 Å². The second-order valence-corrected chi connectivity index (χ2v) is 8.22. The van der Waals surface area contributed by atoms with Gasteiger partial charge in [0.05, 0.1) is 9.92 Å². The molecule has 0 aliphatic carbocycles. The van der Waals surface area contributed by atoms with Crippen molar-refractivity contribution in [3.63, 3.8) is 0 Å². The number of hydrogen-bond acceptors (Lipinski definition) is 4. The van der Waals surface area contributed by atoms with Crippen molar-refractivity contribution in [2.45, 2.75) is 4.90 Å². The van der Waals surface area contributed by atoms with Crippen LogP contribution in [0.2, 0.25) is 10.0 Å². The standard InChI is InChI=1S/C16H16Cl2N2O4S/c1-20(2)25(22,23)13-5-3-4-12(9-13)19-16(21)10-24-15-7-6-11(17)8-14(15)18/h3-9H,10H2,1-2H3,(H,19,21). The van der Waals surface area contributed by atoms with Crippen LogP contribution in [-0.4, -0.2) is 39.3 Å². The van der Waals surface area contributed by atoms with Gasteiger partial charge in [0.25, 0.3) is 5.91 Å². The molecule has 0 heterocycles. The van der Waals surface area contributed by atoms with Crippen molar-refractivity contribution in [3.05, 3.63) is 52.5 Å². The molecule has 2 rings (SSSR count). The number of carbonyl (C=O) groups is 1. The second kappa shape index (κ2) is 8.05. The molecule has 0 atom stereocenters. The molecular weight excluding hydrogens is 387 g/mol. The number of carbonyl (C=O) groups excluding carboxylic acids is 1. The quantitative estimate of drug-likeness (QED) is 0.804. The maximum Gasteiger partial charge on any atom is 0.262 e. The Morgan fingerprint density at radius 1 is 1.16 bits per heavy atom. The van der Waals surface area contributed by atoms with Gasteiger partial charge in [0.15, 0.2) is 6.61 Å². The van der Waals surface area contributed by atoms with E-state index in [1.807, 2.05) is 0 Å². The maximum absolute atomic E-state index is 12.1. The van der Waals surface area contributed by atoms with Gasteiger partial charge in [-0.2, -0.15) is 0 Å². The van der Waals surface area contributed by atoms with E-state index in [4.69, 9.17) is 27.9 Å². The number of nitrogens with zero attached hydrogens (tertiary/aromatic N) is 1. The van der Waals surface area contributed by atoms with Crippen molar-refractivity contribution in [2.24, 2.45) is 0 Å². The van der Waals surface area contributed by atoms with Crippen LogP contribution in [0, 0.1) is 0 Å². The van der Waals surface area contributed by atoms with E-state index in [1.165, 1.54) is 32.3 Å². The zero-order valence-corrected chi connectivity index (χ0v) is 15.8. The van der Waals surface area contributed by atoms with Gasteiger partial charge in [-0.05, 0) is 36.4 Å². The van der Waals surface area contributed by atoms with E-state index in [2.05, 4.69) is 5.32 Å². The van der Waals surface area contributed by atoms with Gasteiger partial charge in [-0.3, -0.25) is 4.79 Å². The first-order valence-electron chi connectivity index (χ1n) is 7.10. The molecule has 25 heavy (non-hydrogen) atoms. The Bertz CT molecular complexity index is 885. The number of ether oxygens (including phenoxy) is 1. The highest BCUT2D eigenvalue weighted by Gasteiger charge is 2.17. The SMILES string of the molecule is CN(C)S(=O)(=O)c1cccc(NC(=O)COc2ccc(Cl)cc2Cl)c1. The number of nitrogens with one attached hydrogen (secondary N) is 1. The number of halogens is 2. The molecule has 0 aromatic heterocycles. The average molecular weight is 403 g/mol. The molecule has 6 nitrogen and oxygen atoms in total. The average Bonchev–Trinajstić information content (AvgIpc) is 2.54. The summed E-state index contributed by atoms with van der Waals surface area (Å²) in [7, 11) is -0.710. The summed E-state index contributed by atoms with van der Waals surface area (Å²) in [5.74, 6) is -0.129. The lowest BCUT2D eigenvalue weighted by atomic mass is 10.3. The number of amides is 1. The van der Waals surface area contributed by atoms with Crippen LogP contribution in [0.3, 0.4) is 0 Å². The van der Waals surface area contributed by atoms with Crippen molar-refractivity contribution in [1.29, 1.82) is 0 Å². The molecule has 0 saturated heterocycles. The fourth-order valence-corrected chi connectivity index (χ4v) is 3.29. The maximum atomic E-state index is 12.1. The van der Waals surface area contributed by atoms with Crippen LogP contribution in [0.4, 0.5) is 5.69 Å². The summed E-state index contributed by atoms with van der Waals surface area (Å²) < 4.78 is 30.6. The van der Waals surface area contributed by atoms with Gasteiger partial charge < -0.3 is 10.1 Å². The Morgan fingerprint density at radius 3 is 2.52 bits per heavy atom. The predicted molar refractivity (Wildman–Crippen MR) is 97.9 cm³/mol. The van der Waals surface area contributed by atoms with E-state index >= 15 is 0 Å². The second-order valence-electron chi connectivity index (χ2n) is 5.23. The summed E-state index contributed by atoms with van der Waals surface area (Å²) in [4.78, 5) is 12.1. The Hall–Kier alpha value is -1.80. The molecule has 0 fully saturated rings.